The van der Waals surface area contributed by atoms with E-state index in [1.165, 1.54) is 21.5 Å². The first-order chi connectivity index (χ1) is 11.0. The van der Waals surface area contributed by atoms with E-state index in [1.54, 1.807) is 7.11 Å². The van der Waals surface area contributed by atoms with Crippen molar-refractivity contribution >= 4 is 18.4 Å². The summed E-state index contributed by atoms with van der Waals surface area (Å²) in [5, 5.41) is 12.3. The van der Waals surface area contributed by atoms with Crippen LogP contribution in [0.3, 0.4) is 0 Å². The molecule has 0 N–H and O–H groups in total. The van der Waals surface area contributed by atoms with Crippen molar-refractivity contribution in [1.82, 2.24) is 0 Å². The van der Waals surface area contributed by atoms with E-state index in [9.17, 15) is 5.26 Å². The number of nitriles is 1. The van der Waals surface area contributed by atoms with Gasteiger partial charge in [-0.2, -0.15) is 5.26 Å². The Labute approximate surface area is 139 Å². The van der Waals surface area contributed by atoms with Gasteiger partial charge in [0, 0.05) is 0 Å². The first-order valence-corrected chi connectivity index (χ1v) is 10.4. The molecular weight excluding hydrogens is 298 g/mol. The number of benzene rings is 2. The summed E-state index contributed by atoms with van der Waals surface area (Å²) in [7, 11) is -0.204. The molecule has 1 aliphatic rings. The highest BCUT2D eigenvalue weighted by Crippen LogP contribution is 2.42. The van der Waals surface area contributed by atoms with Gasteiger partial charge < -0.3 is 4.74 Å². The van der Waals surface area contributed by atoms with Crippen molar-refractivity contribution in [2.24, 2.45) is 0 Å². The van der Waals surface area contributed by atoms with Gasteiger partial charge in [0.2, 0.25) is 0 Å². The summed E-state index contributed by atoms with van der Waals surface area (Å²) in [5.41, 5.74) is 4.52. The van der Waals surface area contributed by atoms with E-state index in [0.717, 1.165) is 11.3 Å². The van der Waals surface area contributed by atoms with Crippen molar-refractivity contribution in [3.05, 3.63) is 42.0 Å². The monoisotopic (exact) mass is 321 g/mol. The van der Waals surface area contributed by atoms with Gasteiger partial charge in [0.1, 0.15) is 13.8 Å². The van der Waals surface area contributed by atoms with Gasteiger partial charge in [0.25, 0.3) is 0 Å². The first-order valence-electron chi connectivity index (χ1n) is 8.20. The third-order valence-corrected chi connectivity index (χ3v) is 11.7. The normalized spacial score (nSPS) is 14.5. The zero-order valence-corrected chi connectivity index (χ0v) is 15.5. The molecule has 0 spiro atoms. The maximum absolute atomic E-state index is 9.36. The highest BCUT2D eigenvalue weighted by molar-refractivity contribution is 7.07. The SMILES string of the molecule is COc1ccc2c(c1)-c1ccc(C#N)cc1[Si]2(C(C)C)C(C)C. The highest BCUT2D eigenvalue weighted by Gasteiger charge is 2.50. The summed E-state index contributed by atoms with van der Waals surface area (Å²) >= 11 is 0. The molecule has 0 unspecified atom stereocenters. The van der Waals surface area contributed by atoms with Crippen molar-refractivity contribution in [3.8, 4) is 22.9 Å². The fourth-order valence-corrected chi connectivity index (χ4v) is 10.7. The molecule has 0 aliphatic carbocycles. The molecule has 3 heteroatoms. The minimum absolute atomic E-state index is 0.574. The van der Waals surface area contributed by atoms with Crippen molar-refractivity contribution < 1.29 is 4.74 Å². The van der Waals surface area contributed by atoms with Crippen LogP contribution in [0.5, 0.6) is 5.75 Å². The van der Waals surface area contributed by atoms with Crippen LogP contribution in [-0.4, -0.2) is 15.2 Å². The molecule has 23 heavy (non-hydrogen) atoms. The standard InChI is InChI=1S/C20H23NOSi/c1-13(2)23(14(3)4)19-9-7-16(22-5)11-18(19)17-8-6-15(12-21)10-20(17)23/h6-11,13-14H,1-5H3. The van der Waals surface area contributed by atoms with Gasteiger partial charge in [-0.3, -0.25) is 0 Å². The van der Waals surface area contributed by atoms with E-state index in [-0.39, 0.29) is 0 Å². The van der Waals surface area contributed by atoms with E-state index in [1.807, 2.05) is 6.07 Å². The predicted molar refractivity (Wildman–Crippen MR) is 98.4 cm³/mol. The quantitative estimate of drug-likeness (QED) is 0.803. The van der Waals surface area contributed by atoms with Crippen molar-refractivity contribution in [1.29, 1.82) is 5.26 Å². The minimum atomic E-state index is -1.92. The lowest BCUT2D eigenvalue weighted by molar-refractivity contribution is 0.415. The molecule has 0 radical (unpaired) electrons. The largest absolute Gasteiger partial charge is 0.497 e. The van der Waals surface area contributed by atoms with Gasteiger partial charge >= 0.3 is 0 Å². The Kier molecular flexibility index (Phi) is 3.81. The number of methoxy groups -OCH3 is 1. The molecule has 0 aromatic heterocycles. The molecule has 2 aromatic rings. The van der Waals surface area contributed by atoms with Crippen LogP contribution in [-0.2, 0) is 0 Å². The third kappa shape index (κ3) is 2.05. The Morgan fingerprint density at radius 3 is 2.17 bits per heavy atom. The van der Waals surface area contributed by atoms with Crippen molar-refractivity contribution in [3.63, 3.8) is 0 Å². The summed E-state index contributed by atoms with van der Waals surface area (Å²) < 4.78 is 5.45. The topological polar surface area (TPSA) is 33.0 Å². The Morgan fingerprint density at radius 2 is 1.61 bits per heavy atom. The summed E-state index contributed by atoms with van der Waals surface area (Å²) in [6, 6.07) is 15.1. The minimum Gasteiger partial charge on any atom is -0.497 e. The van der Waals surface area contributed by atoms with Crippen LogP contribution in [0.25, 0.3) is 11.1 Å². The number of hydrogen-bond acceptors (Lipinski definition) is 2. The Morgan fingerprint density at radius 1 is 0.913 bits per heavy atom. The van der Waals surface area contributed by atoms with E-state index < -0.39 is 8.07 Å². The van der Waals surface area contributed by atoms with Crippen LogP contribution < -0.4 is 15.1 Å². The average molecular weight is 321 g/mol. The van der Waals surface area contributed by atoms with Crippen LogP contribution in [0, 0.1) is 11.3 Å². The fourth-order valence-electron chi connectivity index (χ4n) is 4.48. The van der Waals surface area contributed by atoms with E-state index >= 15 is 0 Å². The molecular formula is C20H23NOSi. The molecule has 0 saturated carbocycles. The van der Waals surface area contributed by atoms with Gasteiger partial charge in [-0.15, -0.1) is 0 Å². The van der Waals surface area contributed by atoms with E-state index in [2.05, 4.69) is 64.1 Å². The van der Waals surface area contributed by atoms with Crippen LogP contribution in [0.2, 0.25) is 11.1 Å². The second kappa shape index (κ2) is 5.54. The van der Waals surface area contributed by atoms with Gasteiger partial charge in [-0.25, -0.2) is 0 Å². The smallest absolute Gasteiger partial charge is 0.124 e. The number of rotatable bonds is 3. The molecule has 1 aliphatic heterocycles. The van der Waals surface area contributed by atoms with E-state index in [4.69, 9.17) is 4.74 Å². The predicted octanol–water partition coefficient (Wildman–Crippen LogP) is 3.93. The molecule has 118 valence electrons. The number of nitrogens with zero attached hydrogens (tertiary/aromatic N) is 1. The molecule has 1 heterocycles. The third-order valence-electron chi connectivity index (χ3n) is 5.38. The van der Waals surface area contributed by atoms with Crippen LogP contribution in [0.1, 0.15) is 33.3 Å². The zero-order valence-electron chi connectivity index (χ0n) is 14.5. The van der Waals surface area contributed by atoms with Gasteiger partial charge in [-0.05, 0) is 56.8 Å². The van der Waals surface area contributed by atoms with Crippen LogP contribution in [0.15, 0.2) is 36.4 Å². The van der Waals surface area contributed by atoms with Gasteiger partial charge in [0.05, 0.1) is 18.7 Å². The van der Waals surface area contributed by atoms with Gasteiger partial charge in [-0.1, -0.05) is 39.8 Å². The maximum Gasteiger partial charge on any atom is 0.124 e. The lowest BCUT2D eigenvalue weighted by atomic mass is 10.0. The Bertz CT molecular complexity index is 794. The zero-order chi connectivity index (χ0) is 16.8. The highest BCUT2D eigenvalue weighted by atomic mass is 28.3. The lowest BCUT2D eigenvalue weighted by Crippen LogP contribution is -2.60. The number of fused-ring (bicyclic) bond motifs is 3. The second-order valence-corrected chi connectivity index (χ2v) is 12.1. The summed E-state index contributed by atoms with van der Waals surface area (Å²) in [4.78, 5) is 0. The summed E-state index contributed by atoms with van der Waals surface area (Å²) in [5.74, 6) is 0.899. The van der Waals surface area contributed by atoms with Crippen LogP contribution >= 0.6 is 0 Å². The van der Waals surface area contributed by atoms with Crippen molar-refractivity contribution in [2.45, 2.75) is 38.8 Å². The average Bonchev–Trinajstić information content (AvgIpc) is 2.84. The lowest BCUT2D eigenvalue weighted by Gasteiger charge is -2.38. The van der Waals surface area contributed by atoms with Gasteiger partial charge in [0.15, 0.2) is 0 Å². The van der Waals surface area contributed by atoms with E-state index in [0.29, 0.717) is 11.1 Å². The molecule has 3 rings (SSSR count). The Hall–Kier alpha value is -2.05. The Balaban J connectivity index is 2.41. The second-order valence-electron chi connectivity index (χ2n) is 6.96. The molecule has 0 atom stereocenters. The van der Waals surface area contributed by atoms with Crippen LogP contribution in [0.4, 0.5) is 0 Å². The fraction of sp³-hybridized carbons (Fsp3) is 0.350. The number of hydrogen-bond donors (Lipinski definition) is 0. The molecule has 2 nitrogen and oxygen atoms in total. The van der Waals surface area contributed by atoms with Crippen molar-refractivity contribution in [2.75, 3.05) is 7.11 Å². The molecule has 2 aromatic carbocycles. The molecule has 0 saturated heterocycles. The summed E-state index contributed by atoms with van der Waals surface area (Å²) in [6.45, 7) is 9.37. The molecule has 0 bridgehead atoms. The first kappa shape index (κ1) is 15.8. The summed E-state index contributed by atoms with van der Waals surface area (Å²) in [6.07, 6.45) is 0. The number of ether oxygens (including phenoxy) is 1. The molecule has 0 amide bonds. The molecule has 0 fully saturated rings. The maximum atomic E-state index is 9.36.